The number of aromatic nitrogens is 3. The van der Waals surface area contributed by atoms with Gasteiger partial charge in [-0.1, -0.05) is 6.07 Å². The number of nitro groups is 1. The van der Waals surface area contributed by atoms with E-state index in [0.29, 0.717) is 49.8 Å². The molecule has 148 valence electrons. The van der Waals surface area contributed by atoms with Crippen LogP contribution in [0.25, 0.3) is 0 Å². The van der Waals surface area contributed by atoms with E-state index < -0.39 is 4.92 Å². The van der Waals surface area contributed by atoms with Crippen LogP contribution in [0.4, 0.5) is 29.2 Å². The summed E-state index contributed by atoms with van der Waals surface area (Å²) in [7, 11) is 0. The predicted molar refractivity (Wildman–Crippen MR) is 104 cm³/mol. The Labute approximate surface area is 161 Å². The van der Waals surface area contributed by atoms with E-state index in [4.69, 9.17) is 4.74 Å². The van der Waals surface area contributed by atoms with Gasteiger partial charge < -0.3 is 25.2 Å². The molecule has 11 nitrogen and oxygen atoms in total. The SMILES string of the molecule is O=[N+]([O-])c1cccc(Nc2nc(N3CCNCC3)nc(N3CCOCC3)n2)c1. The number of piperazine rings is 1. The standard InChI is InChI=1S/C17H22N8O3/c26-25(27)14-3-1-2-13(12-14)19-15-20-16(23-6-4-18-5-7-23)22-17(21-15)24-8-10-28-11-9-24/h1-3,12,18H,4-11H2,(H,19,20,21,22). The predicted octanol–water partition coefficient (Wildman–Crippen LogP) is 0.770. The third-order valence-corrected chi connectivity index (χ3v) is 4.62. The average molecular weight is 386 g/mol. The summed E-state index contributed by atoms with van der Waals surface area (Å²) < 4.78 is 5.42. The summed E-state index contributed by atoms with van der Waals surface area (Å²) in [6.07, 6.45) is 0. The molecular formula is C17H22N8O3. The number of benzene rings is 1. The minimum absolute atomic E-state index is 0.00906. The van der Waals surface area contributed by atoms with Crippen LogP contribution >= 0.6 is 0 Å². The van der Waals surface area contributed by atoms with E-state index in [9.17, 15) is 10.1 Å². The quantitative estimate of drug-likeness (QED) is 0.563. The number of non-ortho nitro benzene ring substituents is 1. The van der Waals surface area contributed by atoms with Gasteiger partial charge in [0, 0.05) is 57.1 Å². The van der Waals surface area contributed by atoms with Crippen molar-refractivity contribution < 1.29 is 9.66 Å². The number of nitrogens with one attached hydrogen (secondary N) is 2. The van der Waals surface area contributed by atoms with Gasteiger partial charge in [-0.2, -0.15) is 15.0 Å². The van der Waals surface area contributed by atoms with Gasteiger partial charge in [0.15, 0.2) is 0 Å². The largest absolute Gasteiger partial charge is 0.378 e. The van der Waals surface area contributed by atoms with E-state index in [1.165, 1.54) is 12.1 Å². The van der Waals surface area contributed by atoms with Crippen molar-refractivity contribution in [1.29, 1.82) is 0 Å². The lowest BCUT2D eigenvalue weighted by molar-refractivity contribution is -0.384. The molecule has 0 unspecified atom stereocenters. The van der Waals surface area contributed by atoms with Crippen molar-refractivity contribution in [3.05, 3.63) is 34.4 Å². The van der Waals surface area contributed by atoms with Gasteiger partial charge in [0.25, 0.3) is 5.69 Å². The number of rotatable bonds is 5. The summed E-state index contributed by atoms with van der Waals surface area (Å²) in [5.74, 6) is 1.55. The molecule has 0 bridgehead atoms. The summed E-state index contributed by atoms with van der Waals surface area (Å²) in [5.41, 5.74) is 0.564. The smallest absolute Gasteiger partial charge is 0.271 e. The van der Waals surface area contributed by atoms with Crippen molar-refractivity contribution in [2.24, 2.45) is 0 Å². The molecule has 2 aliphatic heterocycles. The van der Waals surface area contributed by atoms with Crippen molar-refractivity contribution in [2.45, 2.75) is 0 Å². The molecule has 28 heavy (non-hydrogen) atoms. The molecule has 2 aromatic rings. The zero-order chi connectivity index (χ0) is 19.3. The van der Waals surface area contributed by atoms with Gasteiger partial charge in [0.1, 0.15) is 0 Å². The van der Waals surface area contributed by atoms with Gasteiger partial charge in [0.2, 0.25) is 17.8 Å². The first kappa shape index (κ1) is 18.3. The van der Waals surface area contributed by atoms with Crippen LogP contribution in [0.3, 0.4) is 0 Å². The Morgan fingerprint density at radius 3 is 2.39 bits per heavy atom. The van der Waals surface area contributed by atoms with Gasteiger partial charge >= 0.3 is 0 Å². The fourth-order valence-electron chi connectivity index (χ4n) is 3.15. The third-order valence-electron chi connectivity index (χ3n) is 4.62. The van der Waals surface area contributed by atoms with Crippen molar-refractivity contribution in [1.82, 2.24) is 20.3 Å². The van der Waals surface area contributed by atoms with E-state index in [1.54, 1.807) is 12.1 Å². The van der Waals surface area contributed by atoms with Crippen molar-refractivity contribution in [3.8, 4) is 0 Å². The summed E-state index contributed by atoms with van der Waals surface area (Å²) in [6.45, 7) is 6.02. The minimum Gasteiger partial charge on any atom is -0.378 e. The molecule has 11 heteroatoms. The summed E-state index contributed by atoms with van der Waals surface area (Å²) in [5, 5.41) is 17.4. The van der Waals surface area contributed by atoms with Crippen molar-refractivity contribution in [2.75, 3.05) is 67.6 Å². The van der Waals surface area contributed by atoms with Gasteiger partial charge in [0.05, 0.1) is 18.1 Å². The summed E-state index contributed by atoms with van der Waals surface area (Å²) >= 11 is 0. The molecule has 0 radical (unpaired) electrons. The molecule has 0 aliphatic carbocycles. The summed E-state index contributed by atoms with van der Waals surface area (Å²) in [6, 6.07) is 6.28. The van der Waals surface area contributed by atoms with Crippen LogP contribution in [0.2, 0.25) is 0 Å². The highest BCUT2D eigenvalue weighted by Crippen LogP contribution is 2.23. The topological polar surface area (TPSA) is 122 Å². The first-order valence-corrected chi connectivity index (χ1v) is 9.25. The maximum absolute atomic E-state index is 11.0. The highest BCUT2D eigenvalue weighted by molar-refractivity contribution is 5.59. The molecule has 2 fully saturated rings. The second-order valence-corrected chi connectivity index (χ2v) is 6.53. The Hall–Kier alpha value is -3.05. The van der Waals surface area contributed by atoms with Gasteiger partial charge in [-0.05, 0) is 6.07 Å². The lowest BCUT2D eigenvalue weighted by Crippen LogP contribution is -2.44. The molecule has 3 heterocycles. The van der Waals surface area contributed by atoms with Crippen molar-refractivity contribution in [3.63, 3.8) is 0 Å². The van der Waals surface area contributed by atoms with Gasteiger partial charge in [-0.3, -0.25) is 10.1 Å². The molecule has 1 aromatic carbocycles. The zero-order valence-corrected chi connectivity index (χ0v) is 15.4. The van der Waals surface area contributed by atoms with Gasteiger partial charge in [-0.15, -0.1) is 0 Å². The highest BCUT2D eigenvalue weighted by atomic mass is 16.6. The normalized spacial score (nSPS) is 17.4. The number of anilines is 4. The van der Waals surface area contributed by atoms with E-state index in [-0.39, 0.29) is 5.69 Å². The van der Waals surface area contributed by atoms with Crippen LogP contribution < -0.4 is 20.4 Å². The maximum atomic E-state index is 11.0. The second kappa shape index (κ2) is 8.31. The van der Waals surface area contributed by atoms with Crippen LogP contribution in [0.5, 0.6) is 0 Å². The minimum atomic E-state index is -0.427. The molecule has 0 saturated carbocycles. The van der Waals surface area contributed by atoms with E-state index in [0.717, 1.165) is 26.2 Å². The molecule has 2 N–H and O–H groups in total. The number of hydrogen-bond acceptors (Lipinski definition) is 10. The second-order valence-electron chi connectivity index (χ2n) is 6.53. The molecule has 4 rings (SSSR count). The van der Waals surface area contributed by atoms with Gasteiger partial charge in [-0.25, -0.2) is 0 Å². The zero-order valence-electron chi connectivity index (χ0n) is 15.4. The Kier molecular flexibility index (Phi) is 5.44. The number of nitro benzene ring substituents is 1. The number of ether oxygens (including phenoxy) is 1. The fourth-order valence-corrected chi connectivity index (χ4v) is 3.15. The van der Waals surface area contributed by atoms with E-state index in [1.807, 2.05) is 0 Å². The van der Waals surface area contributed by atoms with Crippen LogP contribution in [0.15, 0.2) is 24.3 Å². The fraction of sp³-hybridized carbons (Fsp3) is 0.471. The third kappa shape index (κ3) is 4.26. The Morgan fingerprint density at radius 2 is 1.71 bits per heavy atom. The monoisotopic (exact) mass is 386 g/mol. The molecule has 1 aromatic heterocycles. The maximum Gasteiger partial charge on any atom is 0.271 e. The Balaban J connectivity index is 1.64. The van der Waals surface area contributed by atoms with E-state index >= 15 is 0 Å². The van der Waals surface area contributed by atoms with Crippen LogP contribution in [0.1, 0.15) is 0 Å². The highest BCUT2D eigenvalue weighted by Gasteiger charge is 2.20. The van der Waals surface area contributed by atoms with Crippen LogP contribution in [0, 0.1) is 10.1 Å². The average Bonchev–Trinajstić information content (AvgIpc) is 2.75. The lowest BCUT2D eigenvalue weighted by atomic mass is 10.3. The summed E-state index contributed by atoms with van der Waals surface area (Å²) in [4.78, 5) is 28.6. The lowest BCUT2D eigenvalue weighted by Gasteiger charge is -2.30. The van der Waals surface area contributed by atoms with Crippen LogP contribution in [-0.4, -0.2) is 72.4 Å². The number of morpholine rings is 1. The first-order valence-electron chi connectivity index (χ1n) is 9.25. The molecule has 2 saturated heterocycles. The molecular weight excluding hydrogens is 364 g/mol. The van der Waals surface area contributed by atoms with Crippen molar-refractivity contribution >= 4 is 29.2 Å². The molecule has 2 aliphatic rings. The molecule has 0 spiro atoms. The van der Waals surface area contributed by atoms with Crippen LogP contribution in [-0.2, 0) is 4.74 Å². The number of hydrogen-bond donors (Lipinski definition) is 2. The Morgan fingerprint density at radius 1 is 1.04 bits per heavy atom. The number of nitrogens with zero attached hydrogens (tertiary/aromatic N) is 6. The molecule has 0 atom stereocenters. The Bertz CT molecular complexity index is 801. The first-order chi connectivity index (χ1) is 13.7. The molecule has 0 amide bonds. The van der Waals surface area contributed by atoms with E-state index in [2.05, 4.69) is 35.4 Å².